The Bertz CT molecular complexity index is 349. The average Bonchev–Trinajstić information content (AvgIpc) is 2.56. The molecule has 4 nitrogen and oxygen atoms in total. The molecule has 0 amide bonds. The number of aromatic nitrogens is 2. The maximum Gasteiger partial charge on any atom is 0.109 e. The van der Waals surface area contributed by atoms with Crippen molar-refractivity contribution in [1.82, 2.24) is 9.78 Å². The molecular weight excluding hydrogens is 234 g/mol. The number of aryl methyl sites for hydroxylation is 2. The second-order valence-corrected chi connectivity index (χ2v) is 4.30. The molecule has 0 saturated heterocycles. The number of rotatable bonds is 1. The van der Waals surface area contributed by atoms with Crippen LogP contribution in [0, 0.1) is 0 Å². The highest BCUT2D eigenvalue weighted by molar-refractivity contribution is 9.10. The third-order valence-corrected chi connectivity index (χ3v) is 3.55. The molecule has 0 radical (unpaired) electrons. The first kappa shape index (κ1) is 9.18. The predicted molar refractivity (Wildman–Crippen MR) is 52.2 cm³/mol. The van der Waals surface area contributed by atoms with Gasteiger partial charge in [0.05, 0.1) is 17.8 Å². The fraction of sp³-hybridized carbons (Fsp3) is 0.625. The molecule has 0 spiro atoms. The fourth-order valence-electron chi connectivity index (χ4n) is 1.85. The van der Waals surface area contributed by atoms with Crippen LogP contribution in [-0.2, 0) is 19.0 Å². The first-order chi connectivity index (χ1) is 6.08. The molecule has 2 rings (SSSR count). The summed E-state index contributed by atoms with van der Waals surface area (Å²) in [4.78, 5) is 0. The standard InChI is InChI=1S/C8H12BrN3O/c1-12-7(9)6-5(11-12)2-3-8(6,10)4-13/h13H,2-4,10H2,1H3. The second-order valence-electron chi connectivity index (χ2n) is 3.55. The molecule has 13 heavy (non-hydrogen) atoms. The lowest BCUT2D eigenvalue weighted by atomic mass is 9.97. The molecule has 1 atom stereocenters. The normalized spacial score (nSPS) is 26.5. The second kappa shape index (κ2) is 2.80. The van der Waals surface area contributed by atoms with Gasteiger partial charge in [-0.1, -0.05) is 0 Å². The Kier molecular flexibility index (Phi) is 1.98. The first-order valence-corrected chi connectivity index (χ1v) is 4.99. The molecule has 0 fully saturated rings. The van der Waals surface area contributed by atoms with Crippen molar-refractivity contribution in [3.63, 3.8) is 0 Å². The van der Waals surface area contributed by atoms with Crippen molar-refractivity contribution < 1.29 is 5.11 Å². The first-order valence-electron chi connectivity index (χ1n) is 4.20. The molecule has 1 aromatic rings. The lowest BCUT2D eigenvalue weighted by Gasteiger charge is -2.21. The van der Waals surface area contributed by atoms with Crippen molar-refractivity contribution in [2.24, 2.45) is 12.8 Å². The maximum absolute atomic E-state index is 9.22. The summed E-state index contributed by atoms with van der Waals surface area (Å²) in [5, 5.41) is 13.5. The molecule has 0 saturated carbocycles. The van der Waals surface area contributed by atoms with E-state index in [0.717, 1.165) is 28.7 Å². The molecule has 1 unspecified atom stereocenters. The predicted octanol–water partition coefficient (Wildman–Crippen LogP) is 0.275. The minimum absolute atomic E-state index is 0.0235. The summed E-state index contributed by atoms with van der Waals surface area (Å²) in [7, 11) is 1.86. The van der Waals surface area contributed by atoms with Crippen LogP contribution >= 0.6 is 15.9 Å². The van der Waals surface area contributed by atoms with Gasteiger partial charge in [-0.05, 0) is 28.8 Å². The Morgan fingerprint density at radius 1 is 1.77 bits per heavy atom. The number of hydrogen-bond acceptors (Lipinski definition) is 3. The van der Waals surface area contributed by atoms with E-state index < -0.39 is 5.54 Å². The highest BCUT2D eigenvalue weighted by Gasteiger charge is 2.39. The van der Waals surface area contributed by atoms with Crippen molar-refractivity contribution >= 4 is 15.9 Å². The summed E-state index contributed by atoms with van der Waals surface area (Å²) in [5.41, 5.74) is 7.43. The van der Waals surface area contributed by atoms with Crippen LogP contribution < -0.4 is 5.73 Å². The van der Waals surface area contributed by atoms with Crippen LogP contribution in [0.3, 0.4) is 0 Å². The maximum atomic E-state index is 9.22. The summed E-state index contributed by atoms with van der Waals surface area (Å²) in [6, 6.07) is 0. The Balaban J connectivity index is 2.57. The van der Waals surface area contributed by atoms with Gasteiger partial charge in [-0.25, -0.2) is 0 Å². The van der Waals surface area contributed by atoms with E-state index >= 15 is 0 Å². The molecule has 0 aromatic carbocycles. The van der Waals surface area contributed by atoms with E-state index in [1.54, 1.807) is 4.68 Å². The van der Waals surface area contributed by atoms with Crippen LogP contribution in [0.1, 0.15) is 17.7 Å². The Morgan fingerprint density at radius 2 is 2.46 bits per heavy atom. The lowest BCUT2D eigenvalue weighted by molar-refractivity contribution is 0.195. The number of nitrogens with zero attached hydrogens (tertiary/aromatic N) is 2. The molecule has 3 N–H and O–H groups in total. The third-order valence-electron chi connectivity index (χ3n) is 2.64. The Morgan fingerprint density at radius 3 is 3.08 bits per heavy atom. The molecule has 5 heteroatoms. The monoisotopic (exact) mass is 245 g/mol. The lowest BCUT2D eigenvalue weighted by Crippen LogP contribution is -2.38. The molecule has 1 aliphatic rings. The van der Waals surface area contributed by atoms with E-state index in [9.17, 15) is 5.11 Å². The van der Waals surface area contributed by atoms with Crippen molar-refractivity contribution in [2.45, 2.75) is 18.4 Å². The van der Waals surface area contributed by atoms with E-state index in [2.05, 4.69) is 21.0 Å². The van der Waals surface area contributed by atoms with E-state index in [1.165, 1.54) is 0 Å². The van der Waals surface area contributed by atoms with Crippen LogP contribution in [0.4, 0.5) is 0 Å². The topological polar surface area (TPSA) is 64.1 Å². The Hall–Kier alpha value is -0.390. The van der Waals surface area contributed by atoms with Crippen LogP contribution in [-0.4, -0.2) is 21.5 Å². The minimum atomic E-state index is -0.595. The van der Waals surface area contributed by atoms with Gasteiger partial charge >= 0.3 is 0 Å². The van der Waals surface area contributed by atoms with E-state index in [-0.39, 0.29) is 6.61 Å². The number of aliphatic hydroxyl groups is 1. The highest BCUT2D eigenvalue weighted by atomic mass is 79.9. The van der Waals surface area contributed by atoms with Crippen molar-refractivity contribution in [3.05, 3.63) is 15.9 Å². The zero-order valence-corrected chi connectivity index (χ0v) is 9.00. The molecule has 1 heterocycles. The smallest absolute Gasteiger partial charge is 0.109 e. The molecule has 72 valence electrons. The summed E-state index contributed by atoms with van der Waals surface area (Å²) in [5.74, 6) is 0. The van der Waals surface area contributed by atoms with Gasteiger partial charge in [-0.3, -0.25) is 4.68 Å². The summed E-state index contributed by atoms with van der Waals surface area (Å²) < 4.78 is 2.64. The quantitative estimate of drug-likeness (QED) is 0.747. The number of fused-ring (bicyclic) bond motifs is 1. The third kappa shape index (κ3) is 1.14. The zero-order valence-electron chi connectivity index (χ0n) is 7.42. The Labute approximate surface area is 84.9 Å². The SMILES string of the molecule is Cn1nc2c(c1Br)C(N)(CO)CC2. The molecule has 1 aliphatic carbocycles. The summed E-state index contributed by atoms with van der Waals surface area (Å²) in [6.07, 6.45) is 1.63. The van der Waals surface area contributed by atoms with Gasteiger partial charge in [-0.15, -0.1) is 0 Å². The van der Waals surface area contributed by atoms with Crippen LogP contribution in [0.2, 0.25) is 0 Å². The van der Waals surface area contributed by atoms with Crippen LogP contribution in [0.5, 0.6) is 0 Å². The minimum Gasteiger partial charge on any atom is -0.394 e. The largest absolute Gasteiger partial charge is 0.394 e. The van der Waals surface area contributed by atoms with Gasteiger partial charge in [0.25, 0.3) is 0 Å². The summed E-state index contributed by atoms with van der Waals surface area (Å²) in [6.45, 7) is -0.0235. The fourth-order valence-corrected chi connectivity index (χ4v) is 2.55. The average molecular weight is 246 g/mol. The molecule has 0 bridgehead atoms. The van der Waals surface area contributed by atoms with E-state index in [4.69, 9.17) is 5.73 Å². The van der Waals surface area contributed by atoms with Gasteiger partial charge in [-0.2, -0.15) is 5.10 Å². The van der Waals surface area contributed by atoms with E-state index in [0.29, 0.717) is 0 Å². The molecule has 1 aromatic heterocycles. The van der Waals surface area contributed by atoms with Crippen molar-refractivity contribution in [3.8, 4) is 0 Å². The zero-order chi connectivity index (χ0) is 9.64. The number of hydrogen-bond donors (Lipinski definition) is 2. The number of nitrogens with two attached hydrogens (primary N) is 1. The van der Waals surface area contributed by atoms with Gasteiger partial charge < -0.3 is 10.8 Å². The van der Waals surface area contributed by atoms with Gasteiger partial charge in [0.15, 0.2) is 0 Å². The van der Waals surface area contributed by atoms with E-state index in [1.807, 2.05) is 7.05 Å². The van der Waals surface area contributed by atoms with Crippen molar-refractivity contribution in [1.29, 1.82) is 0 Å². The molecular formula is C8H12BrN3O. The van der Waals surface area contributed by atoms with Crippen LogP contribution in [0.25, 0.3) is 0 Å². The van der Waals surface area contributed by atoms with Crippen molar-refractivity contribution in [2.75, 3.05) is 6.61 Å². The van der Waals surface area contributed by atoms with Gasteiger partial charge in [0.2, 0.25) is 0 Å². The molecule has 0 aliphatic heterocycles. The summed E-state index contributed by atoms with van der Waals surface area (Å²) >= 11 is 3.43. The number of halogens is 1. The van der Waals surface area contributed by atoms with Crippen LogP contribution in [0.15, 0.2) is 4.60 Å². The highest BCUT2D eigenvalue weighted by Crippen LogP contribution is 2.38. The van der Waals surface area contributed by atoms with Gasteiger partial charge in [0.1, 0.15) is 4.60 Å². The number of aliphatic hydroxyl groups excluding tert-OH is 1. The van der Waals surface area contributed by atoms with Gasteiger partial charge in [0, 0.05) is 12.6 Å².